The molecule has 0 bridgehead atoms. The molecule has 1 unspecified atom stereocenters. The number of alkyl halides is 3. The van der Waals surface area contributed by atoms with Gasteiger partial charge < -0.3 is 14.4 Å². The molecule has 11 heteroatoms. The van der Waals surface area contributed by atoms with Crippen LogP contribution in [0.5, 0.6) is 0 Å². The lowest BCUT2D eigenvalue weighted by Crippen LogP contribution is -2.68. The van der Waals surface area contributed by atoms with Gasteiger partial charge in [0.2, 0.25) is 11.6 Å². The molecule has 1 amide bonds. The van der Waals surface area contributed by atoms with Crippen LogP contribution in [-0.4, -0.2) is 62.5 Å². The van der Waals surface area contributed by atoms with E-state index in [1.807, 2.05) is 0 Å². The van der Waals surface area contributed by atoms with Crippen LogP contribution in [0, 0.1) is 0 Å². The van der Waals surface area contributed by atoms with Gasteiger partial charge in [0.25, 0.3) is 11.8 Å². The standard InChI is InChI=1S/C22H22F3N5O3/c1-14(11-31)29-12-22(25,13-29)21(32)30(17-5-3-2-4-6-17)10-16-8-7-15(9-26-16)19-27-28-20(33-19)18(23)24/h2-9,14,18,31H,10-13H2,1H3. The van der Waals surface area contributed by atoms with Gasteiger partial charge in [0.15, 0.2) is 0 Å². The van der Waals surface area contributed by atoms with E-state index in [1.54, 1.807) is 54.3 Å². The molecule has 174 valence electrons. The normalized spacial score (nSPS) is 16.4. The van der Waals surface area contributed by atoms with Crippen molar-refractivity contribution in [2.75, 3.05) is 24.6 Å². The minimum Gasteiger partial charge on any atom is -0.415 e. The lowest BCUT2D eigenvalue weighted by Gasteiger charge is -2.47. The van der Waals surface area contributed by atoms with Crippen molar-refractivity contribution in [2.24, 2.45) is 0 Å². The van der Waals surface area contributed by atoms with Crippen molar-refractivity contribution in [1.82, 2.24) is 20.1 Å². The van der Waals surface area contributed by atoms with E-state index in [4.69, 9.17) is 4.42 Å². The summed E-state index contributed by atoms with van der Waals surface area (Å²) in [5, 5.41) is 16.1. The van der Waals surface area contributed by atoms with Gasteiger partial charge in [-0.25, -0.2) is 4.39 Å². The molecule has 1 atom stereocenters. The predicted octanol–water partition coefficient (Wildman–Crippen LogP) is 3.01. The molecule has 3 heterocycles. The highest BCUT2D eigenvalue weighted by Crippen LogP contribution is 2.32. The number of aliphatic hydroxyl groups excluding tert-OH is 1. The van der Waals surface area contributed by atoms with Crippen LogP contribution in [0.15, 0.2) is 53.1 Å². The van der Waals surface area contributed by atoms with Gasteiger partial charge >= 0.3 is 6.43 Å². The van der Waals surface area contributed by atoms with Crippen LogP contribution in [-0.2, 0) is 11.3 Å². The number of nitrogens with zero attached hydrogens (tertiary/aromatic N) is 5. The number of hydrogen-bond donors (Lipinski definition) is 1. The quantitative estimate of drug-likeness (QED) is 0.551. The van der Waals surface area contributed by atoms with Gasteiger partial charge in [-0.1, -0.05) is 18.2 Å². The molecule has 1 aromatic carbocycles. The lowest BCUT2D eigenvalue weighted by molar-refractivity contribution is -0.145. The number of carbonyl (C=O) groups excluding carboxylic acids is 1. The lowest BCUT2D eigenvalue weighted by atomic mass is 9.92. The number of hydrogen-bond acceptors (Lipinski definition) is 7. The van der Waals surface area contributed by atoms with Crippen LogP contribution in [0.1, 0.15) is 24.9 Å². The summed E-state index contributed by atoms with van der Waals surface area (Å²) in [5.41, 5.74) is -0.773. The first-order valence-corrected chi connectivity index (χ1v) is 10.3. The number of aliphatic hydroxyl groups is 1. The first-order valence-electron chi connectivity index (χ1n) is 10.3. The molecular weight excluding hydrogens is 439 g/mol. The maximum atomic E-state index is 15.4. The third-order valence-electron chi connectivity index (χ3n) is 5.51. The Bertz CT molecular complexity index is 1090. The molecule has 0 radical (unpaired) electrons. The second-order valence-electron chi connectivity index (χ2n) is 7.91. The minimum atomic E-state index is -2.88. The van der Waals surface area contributed by atoms with E-state index in [2.05, 4.69) is 15.2 Å². The van der Waals surface area contributed by atoms with Crippen LogP contribution in [0.2, 0.25) is 0 Å². The van der Waals surface area contributed by atoms with E-state index in [9.17, 15) is 18.7 Å². The maximum Gasteiger partial charge on any atom is 0.314 e. The smallest absolute Gasteiger partial charge is 0.314 e. The zero-order valence-corrected chi connectivity index (χ0v) is 17.7. The first kappa shape index (κ1) is 22.9. The summed E-state index contributed by atoms with van der Waals surface area (Å²) >= 11 is 0. The number of amides is 1. The van der Waals surface area contributed by atoms with Gasteiger partial charge in [-0.2, -0.15) is 8.78 Å². The van der Waals surface area contributed by atoms with E-state index in [-0.39, 0.29) is 38.2 Å². The molecular formula is C22H22F3N5O3. The number of benzene rings is 1. The van der Waals surface area contributed by atoms with Crippen molar-refractivity contribution in [2.45, 2.75) is 31.6 Å². The van der Waals surface area contributed by atoms with Crippen LogP contribution in [0.25, 0.3) is 11.5 Å². The number of carbonyl (C=O) groups is 1. The highest BCUT2D eigenvalue weighted by molar-refractivity contribution is 6.00. The van der Waals surface area contributed by atoms with Gasteiger partial charge in [0.1, 0.15) is 0 Å². The van der Waals surface area contributed by atoms with Gasteiger partial charge in [0.05, 0.1) is 24.4 Å². The summed E-state index contributed by atoms with van der Waals surface area (Å²) in [6.45, 7) is 1.43. The average Bonchev–Trinajstić information content (AvgIpc) is 3.31. The Kier molecular flexibility index (Phi) is 6.43. The largest absolute Gasteiger partial charge is 0.415 e. The Labute approximate surface area is 187 Å². The molecule has 1 saturated heterocycles. The van der Waals surface area contributed by atoms with Crippen molar-refractivity contribution >= 4 is 11.6 Å². The first-order chi connectivity index (χ1) is 15.8. The summed E-state index contributed by atoms with van der Waals surface area (Å²) in [6, 6.07) is 11.6. The molecule has 0 aliphatic carbocycles. The van der Waals surface area contributed by atoms with Crippen molar-refractivity contribution in [1.29, 1.82) is 0 Å². The average molecular weight is 461 g/mol. The van der Waals surface area contributed by atoms with Crippen LogP contribution in [0.4, 0.5) is 18.9 Å². The highest BCUT2D eigenvalue weighted by Gasteiger charge is 2.53. The Morgan fingerprint density at radius 1 is 1.21 bits per heavy atom. The monoisotopic (exact) mass is 461 g/mol. The van der Waals surface area contributed by atoms with Gasteiger partial charge in [-0.05, 0) is 31.2 Å². The zero-order valence-electron chi connectivity index (χ0n) is 17.7. The Balaban J connectivity index is 1.53. The van der Waals surface area contributed by atoms with Crippen LogP contribution in [0.3, 0.4) is 0 Å². The number of rotatable bonds is 8. The molecule has 0 saturated carbocycles. The third kappa shape index (κ3) is 4.74. The SMILES string of the molecule is CC(CO)N1CC(F)(C(=O)N(Cc2ccc(-c3nnc(C(F)F)o3)cn2)c2ccccc2)C1. The van der Waals surface area contributed by atoms with E-state index >= 15 is 4.39 Å². The molecule has 1 aliphatic heterocycles. The summed E-state index contributed by atoms with van der Waals surface area (Å²) in [6.07, 6.45) is -1.51. The number of anilines is 1. The van der Waals surface area contributed by atoms with Gasteiger partial charge in [-0.3, -0.25) is 14.7 Å². The third-order valence-corrected chi connectivity index (χ3v) is 5.51. The summed E-state index contributed by atoms with van der Waals surface area (Å²) in [7, 11) is 0. The fourth-order valence-corrected chi connectivity index (χ4v) is 3.54. The Morgan fingerprint density at radius 2 is 1.94 bits per heavy atom. The van der Waals surface area contributed by atoms with Crippen LogP contribution < -0.4 is 4.90 Å². The fraction of sp³-hybridized carbons (Fsp3) is 0.364. The molecule has 0 spiro atoms. The van der Waals surface area contributed by atoms with E-state index in [1.165, 1.54) is 11.1 Å². The van der Waals surface area contributed by atoms with E-state index in [0.29, 0.717) is 16.9 Å². The summed E-state index contributed by atoms with van der Waals surface area (Å²) in [4.78, 5) is 20.5. The topological polar surface area (TPSA) is 95.6 Å². The van der Waals surface area contributed by atoms with Crippen molar-refractivity contribution in [3.8, 4) is 11.5 Å². The molecule has 8 nitrogen and oxygen atoms in total. The Morgan fingerprint density at radius 3 is 2.52 bits per heavy atom. The summed E-state index contributed by atoms with van der Waals surface area (Å²) < 4.78 is 45.7. The van der Waals surface area contributed by atoms with Gasteiger partial charge in [0, 0.05) is 31.0 Å². The predicted molar refractivity (Wildman–Crippen MR) is 112 cm³/mol. The maximum absolute atomic E-state index is 15.4. The summed E-state index contributed by atoms with van der Waals surface area (Å²) in [5.74, 6) is -1.58. The van der Waals surface area contributed by atoms with Crippen molar-refractivity contribution in [3.63, 3.8) is 0 Å². The molecule has 33 heavy (non-hydrogen) atoms. The van der Waals surface area contributed by atoms with Crippen LogP contribution >= 0.6 is 0 Å². The number of pyridine rings is 1. The highest BCUT2D eigenvalue weighted by atomic mass is 19.3. The van der Waals surface area contributed by atoms with E-state index in [0.717, 1.165) is 0 Å². The second kappa shape index (κ2) is 9.28. The van der Waals surface area contributed by atoms with Gasteiger partial charge in [-0.15, -0.1) is 10.2 Å². The molecule has 1 fully saturated rings. The molecule has 1 aliphatic rings. The minimum absolute atomic E-state index is 0.00350. The second-order valence-corrected chi connectivity index (χ2v) is 7.91. The number of aromatic nitrogens is 3. The van der Waals surface area contributed by atoms with E-state index < -0.39 is 23.9 Å². The fourth-order valence-electron chi connectivity index (χ4n) is 3.54. The number of halogens is 3. The molecule has 3 aromatic rings. The molecule has 2 aromatic heterocycles. The van der Waals surface area contributed by atoms with Crippen molar-refractivity contribution in [3.05, 3.63) is 60.2 Å². The number of para-hydroxylation sites is 1. The number of likely N-dealkylation sites (tertiary alicyclic amines) is 1. The molecule has 4 rings (SSSR count). The Hall–Kier alpha value is -3.31. The van der Waals surface area contributed by atoms with Crippen molar-refractivity contribution < 1.29 is 27.5 Å². The molecule has 1 N–H and O–H groups in total. The zero-order chi connectivity index (χ0) is 23.6.